The molecule has 1 unspecified atom stereocenters. The van der Waals surface area contributed by atoms with E-state index in [1.807, 2.05) is 32.7 Å². The lowest BCUT2D eigenvalue weighted by Crippen LogP contribution is -2.43. The van der Waals surface area contributed by atoms with Crippen LogP contribution >= 0.6 is 24.0 Å². The summed E-state index contributed by atoms with van der Waals surface area (Å²) < 4.78 is 5.31. The van der Waals surface area contributed by atoms with Crippen molar-refractivity contribution in [2.24, 2.45) is 16.6 Å². The Hall–Kier alpha value is -0.730. The van der Waals surface area contributed by atoms with E-state index in [4.69, 9.17) is 10.5 Å². The lowest BCUT2D eigenvalue weighted by molar-refractivity contribution is 0.0500. The lowest BCUT2D eigenvalue weighted by atomic mass is 10.2. The van der Waals surface area contributed by atoms with Crippen molar-refractivity contribution in [3.63, 3.8) is 0 Å². The molecule has 6 nitrogen and oxygen atoms in total. The van der Waals surface area contributed by atoms with Gasteiger partial charge < -0.3 is 20.7 Å². The van der Waals surface area contributed by atoms with E-state index in [2.05, 4.69) is 10.3 Å². The van der Waals surface area contributed by atoms with Gasteiger partial charge in [0.1, 0.15) is 5.60 Å². The molecule has 0 heterocycles. The van der Waals surface area contributed by atoms with Crippen LogP contribution in [0.1, 0.15) is 46.5 Å². The van der Waals surface area contributed by atoms with E-state index < -0.39 is 5.60 Å². The molecule has 22 heavy (non-hydrogen) atoms. The molecular formula is C15H29IN4O2. The van der Waals surface area contributed by atoms with E-state index in [-0.39, 0.29) is 36.1 Å². The molecule has 0 saturated heterocycles. The Morgan fingerprint density at radius 2 is 1.95 bits per heavy atom. The van der Waals surface area contributed by atoms with Crippen molar-refractivity contribution in [1.29, 1.82) is 0 Å². The van der Waals surface area contributed by atoms with Gasteiger partial charge in [0.05, 0.1) is 12.6 Å². The maximum absolute atomic E-state index is 11.9. The molecule has 0 radical (unpaired) electrons. The average molecular weight is 424 g/mol. The zero-order valence-corrected chi connectivity index (χ0v) is 16.3. The Kier molecular flexibility index (Phi) is 6.76. The summed E-state index contributed by atoms with van der Waals surface area (Å²) in [5.74, 6) is 1.06. The number of amides is 1. The first-order valence-electron chi connectivity index (χ1n) is 7.78. The van der Waals surface area contributed by atoms with Crippen molar-refractivity contribution in [1.82, 2.24) is 10.2 Å². The maximum atomic E-state index is 11.9. The Morgan fingerprint density at radius 3 is 2.41 bits per heavy atom. The molecule has 2 fully saturated rings. The number of hydrogen-bond donors (Lipinski definition) is 2. The van der Waals surface area contributed by atoms with Gasteiger partial charge in [-0.15, -0.1) is 24.0 Å². The van der Waals surface area contributed by atoms with Gasteiger partial charge in [-0.05, 0) is 52.4 Å². The van der Waals surface area contributed by atoms with Crippen molar-refractivity contribution < 1.29 is 9.53 Å². The first-order valence-corrected chi connectivity index (χ1v) is 7.78. The third kappa shape index (κ3) is 6.58. The Morgan fingerprint density at radius 1 is 1.36 bits per heavy atom. The second kappa shape index (κ2) is 7.70. The summed E-state index contributed by atoms with van der Waals surface area (Å²) in [6.07, 6.45) is 4.27. The van der Waals surface area contributed by atoms with Crippen LogP contribution < -0.4 is 11.1 Å². The molecule has 0 spiro atoms. The van der Waals surface area contributed by atoms with Crippen LogP contribution in [0.3, 0.4) is 0 Å². The number of alkyl carbamates (subject to hydrolysis) is 1. The summed E-state index contributed by atoms with van der Waals surface area (Å²) >= 11 is 0. The molecule has 2 aliphatic rings. The van der Waals surface area contributed by atoms with E-state index in [1.54, 1.807) is 0 Å². The highest BCUT2D eigenvalue weighted by Crippen LogP contribution is 2.33. The molecule has 3 N–H and O–H groups in total. The normalized spacial score (nSPS) is 19.9. The maximum Gasteiger partial charge on any atom is 0.407 e. The van der Waals surface area contributed by atoms with E-state index >= 15 is 0 Å². The first-order chi connectivity index (χ1) is 9.76. The predicted octanol–water partition coefficient (Wildman–Crippen LogP) is 2.32. The number of aliphatic imine (C=N–C) groups is 1. The lowest BCUT2D eigenvalue weighted by Gasteiger charge is -2.23. The van der Waals surface area contributed by atoms with Gasteiger partial charge in [-0.2, -0.15) is 0 Å². The fourth-order valence-electron chi connectivity index (χ4n) is 2.22. The molecule has 2 saturated carbocycles. The molecule has 7 heteroatoms. The predicted molar refractivity (Wildman–Crippen MR) is 98.6 cm³/mol. The highest BCUT2D eigenvalue weighted by atomic mass is 127. The van der Waals surface area contributed by atoms with Crippen LogP contribution in [0.4, 0.5) is 4.79 Å². The van der Waals surface area contributed by atoms with Gasteiger partial charge in [-0.3, -0.25) is 4.99 Å². The molecule has 0 aromatic carbocycles. The summed E-state index contributed by atoms with van der Waals surface area (Å²) in [5, 5.41) is 2.93. The molecular weight excluding hydrogens is 395 g/mol. The number of ether oxygens (including phenoxy) is 1. The quantitative estimate of drug-likeness (QED) is 0.403. The van der Waals surface area contributed by atoms with E-state index in [1.165, 1.54) is 12.8 Å². The number of halogens is 1. The second-order valence-electron chi connectivity index (χ2n) is 7.13. The van der Waals surface area contributed by atoms with Crippen molar-refractivity contribution >= 4 is 36.0 Å². The van der Waals surface area contributed by atoms with Crippen molar-refractivity contribution in [2.45, 2.75) is 64.1 Å². The topological polar surface area (TPSA) is 80.0 Å². The molecule has 0 aliphatic heterocycles. The van der Waals surface area contributed by atoms with Crippen LogP contribution in [0.15, 0.2) is 4.99 Å². The minimum absolute atomic E-state index is 0. The van der Waals surface area contributed by atoms with E-state index in [0.29, 0.717) is 24.5 Å². The fourth-order valence-corrected chi connectivity index (χ4v) is 2.22. The highest BCUT2D eigenvalue weighted by molar-refractivity contribution is 14.0. The molecule has 2 rings (SSSR count). The SMILES string of the molecule is CN(C(N)=NCC(NC(=O)OC(C)(C)C)C1CC1)C1CC1.I. The van der Waals surface area contributed by atoms with Crippen LogP contribution in [0.25, 0.3) is 0 Å². The van der Waals surface area contributed by atoms with E-state index in [9.17, 15) is 4.79 Å². The third-order valence-electron chi connectivity index (χ3n) is 3.80. The van der Waals surface area contributed by atoms with E-state index in [0.717, 1.165) is 12.8 Å². The number of guanidine groups is 1. The molecule has 0 aromatic rings. The summed E-state index contributed by atoms with van der Waals surface area (Å²) in [5.41, 5.74) is 5.51. The van der Waals surface area contributed by atoms with Gasteiger partial charge >= 0.3 is 6.09 Å². The summed E-state index contributed by atoms with van der Waals surface area (Å²) in [6.45, 7) is 6.10. The zero-order valence-electron chi connectivity index (χ0n) is 14.0. The number of carbonyl (C=O) groups excluding carboxylic acids is 1. The van der Waals surface area contributed by atoms with Gasteiger partial charge in [0, 0.05) is 13.1 Å². The minimum Gasteiger partial charge on any atom is -0.444 e. The highest BCUT2D eigenvalue weighted by Gasteiger charge is 2.34. The van der Waals surface area contributed by atoms with Crippen LogP contribution in [0.2, 0.25) is 0 Å². The van der Waals surface area contributed by atoms with Gasteiger partial charge in [0.25, 0.3) is 0 Å². The smallest absolute Gasteiger partial charge is 0.407 e. The second-order valence-corrected chi connectivity index (χ2v) is 7.13. The molecule has 1 amide bonds. The van der Waals surface area contributed by atoms with Gasteiger partial charge in [-0.25, -0.2) is 4.79 Å². The van der Waals surface area contributed by atoms with Gasteiger partial charge in [0.15, 0.2) is 5.96 Å². The number of hydrogen-bond acceptors (Lipinski definition) is 3. The fraction of sp³-hybridized carbons (Fsp3) is 0.867. The summed E-state index contributed by atoms with van der Waals surface area (Å²) in [6, 6.07) is 0.568. The number of rotatable bonds is 5. The number of nitrogens with zero attached hydrogens (tertiary/aromatic N) is 2. The molecule has 1 atom stereocenters. The Bertz CT molecular complexity index is 414. The van der Waals surface area contributed by atoms with Crippen molar-refractivity contribution in [3.8, 4) is 0 Å². The van der Waals surface area contributed by atoms with Gasteiger partial charge in [0.2, 0.25) is 0 Å². The first kappa shape index (κ1) is 19.3. The number of carbonyl (C=O) groups is 1. The van der Waals surface area contributed by atoms with Crippen molar-refractivity contribution in [2.75, 3.05) is 13.6 Å². The minimum atomic E-state index is -0.479. The molecule has 0 aromatic heterocycles. The summed E-state index contributed by atoms with van der Waals surface area (Å²) in [7, 11) is 1.98. The zero-order chi connectivity index (χ0) is 15.6. The summed E-state index contributed by atoms with van der Waals surface area (Å²) in [4.78, 5) is 18.3. The number of nitrogens with two attached hydrogens (primary N) is 1. The van der Waals surface area contributed by atoms with Crippen LogP contribution in [0, 0.1) is 5.92 Å². The largest absolute Gasteiger partial charge is 0.444 e. The van der Waals surface area contributed by atoms with Crippen molar-refractivity contribution in [3.05, 3.63) is 0 Å². The molecule has 0 bridgehead atoms. The average Bonchev–Trinajstić information content (AvgIpc) is 3.23. The van der Waals surface area contributed by atoms with Gasteiger partial charge in [-0.1, -0.05) is 0 Å². The Labute approximate surface area is 150 Å². The third-order valence-corrected chi connectivity index (χ3v) is 3.80. The molecule has 2 aliphatic carbocycles. The monoisotopic (exact) mass is 424 g/mol. The van der Waals surface area contributed by atoms with Crippen LogP contribution in [-0.4, -0.2) is 48.2 Å². The molecule has 128 valence electrons. The standard InChI is InChI=1S/C15H28N4O2.HI/c1-15(2,3)21-14(20)18-12(10-5-6-10)9-17-13(16)19(4)11-7-8-11;/h10-12H,5-9H2,1-4H3,(H2,16,17)(H,18,20);1H. The van der Waals surface area contributed by atoms with Crippen LogP contribution in [0.5, 0.6) is 0 Å². The Balaban J connectivity index is 0.00000242. The number of nitrogens with one attached hydrogen (secondary N) is 1. The van der Waals surface area contributed by atoms with Crippen LogP contribution in [-0.2, 0) is 4.74 Å².